The minimum atomic E-state index is -0.442. The Morgan fingerprint density at radius 2 is 2.03 bits per heavy atom. The van der Waals surface area contributed by atoms with Crippen molar-refractivity contribution >= 4 is 33.6 Å². The van der Waals surface area contributed by atoms with Gasteiger partial charge in [0.1, 0.15) is 17.4 Å². The molecular weight excluding hydrogens is 418 g/mol. The highest BCUT2D eigenvalue weighted by molar-refractivity contribution is 6.05. The number of aryl methyl sites for hydroxylation is 1. The number of nitrogens with zero attached hydrogens (tertiary/aromatic N) is 5. The third kappa shape index (κ3) is 3.47. The van der Waals surface area contributed by atoms with E-state index in [0.717, 1.165) is 46.7 Å². The number of methoxy groups -OCH3 is 1. The van der Waals surface area contributed by atoms with Gasteiger partial charge in [0.05, 0.1) is 48.2 Å². The molecule has 8 heteroatoms. The molecule has 1 aliphatic heterocycles. The van der Waals surface area contributed by atoms with E-state index in [4.69, 9.17) is 14.5 Å². The third-order valence-corrected chi connectivity index (χ3v) is 6.00. The Kier molecular flexibility index (Phi) is 5.40. The van der Waals surface area contributed by atoms with E-state index >= 15 is 0 Å². The normalized spacial score (nSPS) is 13.9. The molecule has 0 unspecified atom stereocenters. The lowest BCUT2D eigenvalue weighted by Gasteiger charge is -2.29. The fourth-order valence-electron chi connectivity index (χ4n) is 4.42. The zero-order valence-corrected chi connectivity index (χ0v) is 18.5. The van der Waals surface area contributed by atoms with Gasteiger partial charge in [0, 0.05) is 36.8 Å². The molecule has 1 saturated heterocycles. The van der Waals surface area contributed by atoms with Crippen molar-refractivity contribution in [2.24, 2.45) is 0 Å². The number of morpholine rings is 1. The van der Waals surface area contributed by atoms with Crippen molar-refractivity contribution in [1.82, 2.24) is 14.5 Å². The maximum absolute atomic E-state index is 12.8. The van der Waals surface area contributed by atoms with Gasteiger partial charge in [0.2, 0.25) is 0 Å². The Hall–Kier alpha value is -3.96. The quantitative estimate of drug-likeness (QED) is 0.447. The highest BCUT2D eigenvalue weighted by Gasteiger charge is 2.24. The average Bonchev–Trinajstić information content (AvgIpc) is 3.25. The van der Waals surface area contributed by atoms with E-state index in [0.29, 0.717) is 36.3 Å². The lowest BCUT2D eigenvalue weighted by Crippen LogP contribution is -2.36. The summed E-state index contributed by atoms with van der Waals surface area (Å²) in [5, 5.41) is 10.8. The van der Waals surface area contributed by atoms with Crippen LogP contribution < -0.4 is 4.90 Å². The Bertz CT molecular complexity index is 1410. The molecule has 0 spiro atoms. The number of pyridine rings is 1. The Morgan fingerprint density at radius 3 is 2.76 bits per heavy atom. The summed E-state index contributed by atoms with van der Waals surface area (Å²) in [6.45, 7) is 4.70. The van der Waals surface area contributed by atoms with Crippen LogP contribution in [0.5, 0.6) is 0 Å². The molecule has 0 amide bonds. The topological polar surface area (TPSA) is 93.3 Å². The number of rotatable bonds is 4. The number of hydrogen-bond acceptors (Lipinski definition) is 7. The zero-order chi connectivity index (χ0) is 22.9. The number of carbonyl (C=O) groups is 1. The first kappa shape index (κ1) is 20.9. The van der Waals surface area contributed by atoms with E-state index in [1.165, 1.54) is 7.11 Å². The summed E-state index contributed by atoms with van der Waals surface area (Å²) >= 11 is 0. The molecule has 0 saturated carbocycles. The van der Waals surface area contributed by atoms with Crippen LogP contribution in [0.3, 0.4) is 0 Å². The molecule has 1 fully saturated rings. The largest absolute Gasteiger partial charge is 0.465 e. The lowest BCUT2D eigenvalue weighted by atomic mass is 10.1. The third-order valence-electron chi connectivity index (χ3n) is 6.00. The summed E-state index contributed by atoms with van der Waals surface area (Å²) in [6.07, 6.45) is 2.21. The summed E-state index contributed by atoms with van der Waals surface area (Å²) in [6, 6.07) is 13.9. The molecule has 0 N–H and O–H groups in total. The standard InChI is InChI=1S/C25H23N5O3/c1-3-22-28-23-19(25(31)32-2)12-17(29-8-10-33-11-9-29)13-21(23)30(22)24-16(14-26)15-27-20-7-5-4-6-18(20)24/h4-7,12-13,15H,3,8-11H2,1-2H3. The SMILES string of the molecule is CCc1nc2c(C(=O)OC)cc(N3CCOCC3)cc2n1-c1c(C#N)cnc2ccccc12. The molecule has 0 radical (unpaired) electrons. The van der Waals surface area contributed by atoms with Gasteiger partial charge in [-0.3, -0.25) is 9.55 Å². The van der Waals surface area contributed by atoms with Crippen molar-refractivity contribution in [2.75, 3.05) is 38.3 Å². The predicted octanol–water partition coefficient (Wildman–Crippen LogP) is 3.63. The molecule has 4 aromatic rings. The number of para-hydroxylation sites is 1. The number of nitriles is 1. The number of ether oxygens (including phenoxy) is 2. The maximum Gasteiger partial charge on any atom is 0.340 e. The number of imidazole rings is 1. The van der Waals surface area contributed by atoms with Gasteiger partial charge in [-0.05, 0) is 18.2 Å². The molecule has 2 aromatic carbocycles. The second-order valence-electron chi connectivity index (χ2n) is 7.82. The fourth-order valence-corrected chi connectivity index (χ4v) is 4.42. The van der Waals surface area contributed by atoms with Crippen molar-refractivity contribution in [3.8, 4) is 11.8 Å². The lowest BCUT2D eigenvalue weighted by molar-refractivity contribution is 0.0603. The van der Waals surface area contributed by atoms with Crippen LogP contribution in [-0.4, -0.2) is 53.9 Å². The van der Waals surface area contributed by atoms with Crippen LogP contribution in [0.25, 0.3) is 27.6 Å². The summed E-state index contributed by atoms with van der Waals surface area (Å²) in [5.74, 6) is 0.310. The summed E-state index contributed by atoms with van der Waals surface area (Å²) < 4.78 is 12.6. The second-order valence-corrected chi connectivity index (χ2v) is 7.82. The molecule has 8 nitrogen and oxygen atoms in total. The van der Waals surface area contributed by atoms with Crippen LogP contribution in [0.4, 0.5) is 5.69 Å². The highest BCUT2D eigenvalue weighted by Crippen LogP contribution is 2.34. The van der Waals surface area contributed by atoms with Crippen molar-refractivity contribution in [3.05, 3.63) is 59.5 Å². The van der Waals surface area contributed by atoms with Crippen LogP contribution in [0.15, 0.2) is 42.6 Å². The highest BCUT2D eigenvalue weighted by atomic mass is 16.5. The van der Waals surface area contributed by atoms with Crippen LogP contribution >= 0.6 is 0 Å². The first-order valence-corrected chi connectivity index (χ1v) is 10.9. The molecule has 166 valence electrons. The minimum Gasteiger partial charge on any atom is -0.465 e. The Morgan fingerprint density at radius 1 is 1.24 bits per heavy atom. The maximum atomic E-state index is 12.8. The van der Waals surface area contributed by atoms with Crippen LogP contribution in [0.2, 0.25) is 0 Å². The number of anilines is 1. The Balaban J connectivity index is 1.88. The van der Waals surface area contributed by atoms with Gasteiger partial charge in [-0.2, -0.15) is 5.26 Å². The Labute approximate surface area is 191 Å². The molecule has 5 rings (SSSR count). The smallest absolute Gasteiger partial charge is 0.340 e. The number of benzene rings is 2. The monoisotopic (exact) mass is 441 g/mol. The minimum absolute atomic E-state index is 0.404. The number of esters is 1. The first-order valence-electron chi connectivity index (χ1n) is 10.9. The van der Waals surface area contributed by atoms with Gasteiger partial charge in [-0.1, -0.05) is 25.1 Å². The van der Waals surface area contributed by atoms with E-state index in [2.05, 4.69) is 16.0 Å². The summed E-state index contributed by atoms with van der Waals surface area (Å²) in [4.78, 5) is 24.2. The van der Waals surface area contributed by atoms with Gasteiger partial charge in [0.25, 0.3) is 0 Å². The first-order chi connectivity index (χ1) is 16.2. The molecule has 0 bridgehead atoms. The number of carbonyl (C=O) groups excluding carboxylic acids is 1. The fraction of sp³-hybridized carbons (Fsp3) is 0.280. The van der Waals surface area contributed by atoms with Crippen molar-refractivity contribution in [1.29, 1.82) is 5.26 Å². The van der Waals surface area contributed by atoms with E-state index in [-0.39, 0.29) is 0 Å². The summed E-state index contributed by atoms with van der Waals surface area (Å²) in [7, 11) is 1.37. The van der Waals surface area contributed by atoms with Gasteiger partial charge < -0.3 is 14.4 Å². The molecule has 33 heavy (non-hydrogen) atoms. The van der Waals surface area contributed by atoms with Gasteiger partial charge in [-0.15, -0.1) is 0 Å². The van der Waals surface area contributed by atoms with Crippen molar-refractivity contribution < 1.29 is 14.3 Å². The van der Waals surface area contributed by atoms with Gasteiger partial charge in [0.15, 0.2) is 0 Å². The molecular formula is C25H23N5O3. The van der Waals surface area contributed by atoms with Crippen LogP contribution in [0, 0.1) is 11.3 Å². The average molecular weight is 441 g/mol. The molecule has 1 aliphatic rings. The van der Waals surface area contributed by atoms with E-state index in [1.807, 2.05) is 47.9 Å². The van der Waals surface area contributed by atoms with E-state index in [9.17, 15) is 10.1 Å². The molecule has 0 atom stereocenters. The predicted molar refractivity (Wildman–Crippen MR) is 125 cm³/mol. The van der Waals surface area contributed by atoms with Gasteiger partial charge in [-0.25, -0.2) is 9.78 Å². The van der Waals surface area contributed by atoms with E-state index in [1.54, 1.807) is 6.20 Å². The molecule has 0 aliphatic carbocycles. The molecule has 2 aromatic heterocycles. The van der Waals surface area contributed by atoms with Crippen molar-refractivity contribution in [2.45, 2.75) is 13.3 Å². The molecule has 3 heterocycles. The summed E-state index contributed by atoms with van der Waals surface area (Å²) in [5.41, 5.74) is 4.56. The van der Waals surface area contributed by atoms with Gasteiger partial charge >= 0.3 is 5.97 Å². The van der Waals surface area contributed by atoms with E-state index < -0.39 is 5.97 Å². The van der Waals surface area contributed by atoms with Crippen LogP contribution in [0.1, 0.15) is 28.7 Å². The van der Waals surface area contributed by atoms with Crippen LogP contribution in [-0.2, 0) is 15.9 Å². The number of fused-ring (bicyclic) bond motifs is 2. The van der Waals surface area contributed by atoms with Crippen molar-refractivity contribution in [3.63, 3.8) is 0 Å². The number of hydrogen-bond donors (Lipinski definition) is 0. The second kappa shape index (κ2) is 8.52. The number of aromatic nitrogens is 3. The zero-order valence-electron chi connectivity index (χ0n) is 18.5.